The summed E-state index contributed by atoms with van der Waals surface area (Å²) in [6, 6.07) is 18.7. The lowest BCUT2D eigenvalue weighted by molar-refractivity contribution is 0.0963. The second-order valence-electron chi connectivity index (χ2n) is 7.54. The lowest BCUT2D eigenvalue weighted by Crippen LogP contribution is -2.13. The smallest absolute Gasteiger partial charge is 0.262 e. The van der Waals surface area contributed by atoms with Crippen molar-refractivity contribution in [3.8, 4) is 27.6 Å². The summed E-state index contributed by atoms with van der Waals surface area (Å²) in [6.07, 6.45) is 0. The highest BCUT2D eigenvalue weighted by Crippen LogP contribution is 2.39. The predicted molar refractivity (Wildman–Crippen MR) is 131 cm³/mol. The van der Waals surface area contributed by atoms with Gasteiger partial charge in [0.25, 0.3) is 5.91 Å². The number of rotatable bonds is 4. The van der Waals surface area contributed by atoms with Crippen LogP contribution >= 0.6 is 22.9 Å². The summed E-state index contributed by atoms with van der Waals surface area (Å²) in [6.45, 7) is 1.91. The van der Waals surface area contributed by atoms with Crippen molar-refractivity contribution in [2.75, 3.05) is 7.11 Å². The molecule has 164 valence electrons. The number of fused-ring (bicyclic) bond motifs is 1. The number of thiazole rings is 1. The Balaban J connectivity index is 1.69. The molecule has 0 aliphatic carbocycles. The molecule has 5 rings (SSSR count). The van der Waals surface area contributed by atoms with Gasteiger partial charge in [-0.1, -0.05) is 11.6 Å². The van der Waals surface area contributed by atoms with Gasteiger partial charge in [0.15, 0.2) is 0 Å². The Morgan fingerprint density at radius 1 is 1.06 bits per heavy atom. The van der Waals surface area contributed by atoms with Gasteiger partial charge in [-0.15, -0.1) is 11.3 Å². The molecule has 5 aromatic rings. The molecule has 3 aromatic carbocycles. The molecule has 0 unspecified atom stereocenters. The summed E-state index contributed by atoms with van der Waals surface area (Å²) in [5.41, 5.74) is 4.52. The summed E-state index contributed by atoms with van der Waals surface area (Å²) in [7, 11) is 1.61. The minimum Gasteiger partial charge on any atom is -0.497 e. The fourth-order valence-corrected chi connectivity index (χ4v) is 4.98. The van der Waals surface area contributed by atoms with Gasteiger partial charge in [-0.25, -0.2) is 9.37 Å². The Kier molecular flexibility index (Phi) is 5.48. The fraction of sp³-hybridized carbons (Fsp3) is 0.0769. The van der Waals surface area contributed by atoms with E-state index in [0.29, 0.717) is 16.3 Å². The van der Waals surface area contributed by atoms with E-state index in [1.165, 1.54) is 23.5 Å². The van der Waals surface area contributed by atoms with Crippen LogP contribution in [0.15, 0.2) is 72.1 Å². The first-order valence-corrected chi connectivity index (χ1v) is 11.4. The maximum Gasteiger partial charge on any atom is 0.262 e. The first kappa shape index (κ1) is 21.4. The van der Waals surface area contributed by atoms with Crippen LogP contribution in [0.1, 0.15) is 16.1 Å². The maximum absolute atomic E-state index is 13.5. The van der Waals surface area contributed by atoms with Gasteiger partial charge in [0.05, 0.1) is 18.3 Å². The van der Waals surface area contributed by atoms with E-state index in [1.807, 2.05) is 30.5 Å². The van der Waals surface area contributed by atoms with Gasteiger partial charge in [-0.05, 0) is 73.7 Å². The van der Waals surface area contributed by atoms with Crippen LogP contribution in [0.3, 0.4) is 0 Å². The zero-order chi connectivity index (χ0) is 23.1. The number of ether oxygens (including phenoxy) is 1. The van der Waals surface area contributed by atoms with Gasteiger partial charge in [0.1, 0.15) is 16.6 Å². The number of benzene rings is 3. The molecular weight excluding hydrogens is 459 g/mol. The van der Waals surface area contributed by atoms with Crippen LogP contribution in [0.4, 0.5) is 4.39 Å². The van der Waals surface area contributed by atoms with Crippen LogP contribution in [0, 0.1) is 12.7 Å². The van der Waals surface area contributed by atoms with Gasteiger partial charge in [-0.3, -0.25) is 9.36 Å². The van der Waals surface area contributed by atoms with Gasteiger partial charge < -0.3 is 4.74 Å². The summed E-state index contributed by atoms with van der Waals surface area (Å²) in [5, 5.41) is 4.15. The Morgan fingerprint density at radius 3 is 2.48 bits per heavy atom. The molecule has 0 fully saturated rings. The van der Waals surface area contributed by atoms with Crippen LogP contribution < -0.4 is 4.74 Å². The molecular formula is C26H18ClFN2O2S. The van der Waals surface area contributed by atoms with Crippen LogP contribution in [0.2, 0.25) is 5.02 Å². The average Bonchev–Trinajstić information content (AvgIpc) is 3.41. The monoisotopic (exact) mass is 476 g/mol. The highest BCUT2D eigenvalue weighted by atomic mass is 35.5. The highest BCUT2D eigenvalue weighted by Gasteiger charge is 2.23. The molecule has 0 N–H and O–H groups in total. The number of aromatic nitrogens is 2. The summed E-state index contributed by atoms with van der Waals surface area (Å²) in [5.74, 6) is 0.247. The number of hydrogen-bond donors (Lipinski definition) is 0. The van der Waals surface area contributed by atoms with E-state index < -0.39 is 0 Å². The third kappa shape index (κ3) is 3.81. The average molecular weight is 477 g/mol. The van der Waals surface area contributed by atoms with Crippen LogP contribution in [0.25, 0.3) is 32.7 Å². The largest absolute Gasteiger partial charge is 0.497 e. The number of nitrogens with zero attached hydrogens (tertiary/aromatic N) is 2. The molecule has 0 aliphatic rings. The molecule has 0 saturated carbocycles. The van der Waals surface area contributed by atoms with Crippen molar-refractivity contribution in [2.45, 2.75) is 6.92 Å². The normalized spacial score (nSPS) is 11.2. The first-order chi connectivity index (χ1) is 16.0. The Hall–Kier alpha value is -3.48. The van der Waals surface area contributed by atoms with Crippen LogP contribution in [-0.2, 0) is 0 Å². The molecule has 0 spiro atoms. The van der Waals surface area contributed by atoms with Crippen LogP contribution in [-0.4, -0.2) is 22.6 Å². The zero-order valence-corrected chi connectivity index (χ0v) is 19.4. The van der Waals surface area contributed by atoms with Crippen molar-refractivity contribution in [1.29, 1.82) is 0 Å². The SMILES string of the molecule is COc1ccc2c(c1)c(-c1nc(-c3ccc(F)cc3)cs1)c(C)n2C(=O)c1ccc(Cl)cc1. The van der Waals surface area contributed by atoms with Gasteiger partial charge in [0, 0.05) is 38.2 Å². The lowest BCUT2D eigenvalue weighted by atomic mass is 10.1. The lowest BCUT2D eigenvalue weighted by Gasteiger charge is -2.08. The molecule has 0 amide bonds. The zero-order valence-electron chi connectivity index (χ0n) is 17.8. The molecule has 2 aromatic heterocycles. The Labute approximate surface area is 198 Å². The molecule has 33 heavy (non-hydrogen) atoms. The molecule has 0 radical (unpaired) electrons. The van der Waals surface area contributed by atoms with Crippen molar-refractivity contribution >= 4 is 39.7 Å². The van der Waals surface area contributed by atoms with Crippen molar-refractivity contribution in [1.82, 2.24) is 9.55 Å². The molecule has 0 aliphatic heterocycles. The third-order valence-electron chi connectivity index (χ3n) is 5.56. The fourth-order valence-electron chi connectivity index (χ4n) is 3.92. The van der Waals surface area contributed by atoms with Gasteiger partial charge in [0.2, 0.25) is 0 Å². The highest BCUT2D eigenvalue weighted by molar-refractivity contribution is 7.13. The van der Waals surface area contributed by atoms with E-state index in [2.05, 4.69) is 0 Å². The topological polar surface area (TPSA) is 44.1 Å². The van der Waals surface area contributed by atoms with Crippen molar-refractivity contribution < 1.29 is 13.9 Å². The molecule has 7 heteroatoms. The van der Waals surface area contributed by atoms with Crippen molar-refractivity contribution in [2.24, 2.45) is 0 Å². The Morgan fingerprint density at radius 2 is 1.79 bits per heavy atom. The van der Waals surface area contributed by atoms with E-state index in [0.717, 1.165) is 38.4 Å². The minimum atomic E-state index is -0.291. The first-order valence-electron chi connectivity index (χ1n) is 10.2. The maximum atomic E-state index is 13.5. The standard InChI is InChI=1S/C26H18ClFN2O2S/c1-15-24(25-29-22(14-33-25)16-5-9-19(28)10-6-16)21-13-20(32-2)11-12-23(21)30(15)26(31)17-3-7-18(27)8-4-17/h3-14H,1-2H3. The summed E-state index contributed by atoms with van der Waals surface area (Å²) in [4.78, 5) is 18.3. The van der Waals surface area contributed by atoms with E-state index in [4.69, 9.17) is 21.3 Å². The summed E-state index contributed by atoms with van der Waals surface area (Å²) >= 11 is 7.49. The Bertz CT molecular complexity index is 1490. The number of carbonyl (C=O) groups is 1. The third-order valence-corrected chi connectivity index (χ3v) is 6.68. The van der Waals surface area contributed by atoms with E-state index in [9.17, 15) is 9.18 Å². The van der Waals surface area contributed by atoms with E-state index >= 15 is 0 Å². The van der Waals surface area contributed by atoms with E-state index in [-0.39, 0.29) is 11.7 Å². The number of carbonyl (C=O) groups excluding carboxylic acids is 1. The minimum absolute atomic E-state index is 0.152. The molecule has 2 heterocycles. The molecule has 0 atom stereocenters. The van der Waals surface area contributed by atoms with Gasteiger partial charge >= 0.3 is 0 Å². The quantitative estimate of drug-likeness (QED) is 0.275. The molecule has 0 saturated heterocycles. The van der Waals surface area contributed by atoms with Crippen molar-refractivity contribution in [3.63, 3.8) is 0 Å². The number of methoxy groups -OCH3 is 1. The second kappa shape index (κ2) is 8.46. The number of hydrogen-bond acceptors (Lipinski definition) is 4. The molecule has 4 nitrogen and oxygen atoms in total. The van der Waals surface area contributed by atoms with Crippen molar-refractivity contribution in [3.05, 3.63) is 94.2 Å². The van der Waals surface area contributed by atoms with E-state index in [1.54, 1.807) is 48.1 Å². The summed E-state index contributed by atoms with van der Waals surface area (Å²) < 4.78 is 20.5. The second-order valence-corrected chi connectivity index (χ2v) is 8.83. The van der Waals surface area contributed by atoms with Gasteiger partial charge in [-0.2, -0.15) is 0 Å². The number of halogens is 2. The molecule has 0 bridgehead atoms. The predicted octanol–water partition coefficient (Wildman–Crippen LogP) is 7.23. The van der Waals surface area contributed by atoms with Crippen LogP contribution in [0.5, 0.6) is 5.75 Å².